The molecule has 0 aliphatic rings. The zero-order valence-corrected chi connectivity index (χ0v) is 68.4. The summed E-state index contributed by atoms with van der Waals surface area (Å²) in [5.74, 6) is -2.10. The summed E-state index contributed by atoms with van der Waals surface area (Å²) in [6.45, 7) is 5.06. The Balaban J connectivity index is 5.27. The molecule has 0 amide bonds. The summed E-state index contributed by atoms with van der Waals surface area (Å²) in [7, 11) is -9.92. The Morgan fingerprint density at radius 2 is 0.392 bits per heavy atom. The molecule has 2 unspecified atom stereocenters. The summed E-state index contributed by atoms with van der Waals surface area (Å²) < 4.78 is 68.9. The number of hydrogen-bond acceptors (Lipinski definition) is 15. The lowest BCUT2D eigenvalue weighted by atomic mass is 10.0. The van der Waals surface area contributed by atoms with E-state index in [0.29, 0.717) is 25.7 Å². The standard InChI is InChI=1S/C83H162O17P2/c1-5-9-13-17-21-25-29-33-37-38-42-46-50-54-58-62-66-70-83(88)100-79(74-94-81(86)68-64-60-56-52-48-44-40-35-31-27-23-19-15-11-7-3)76-98-102(91,92)96-72-77(84)71-95-101(89,90)97-75-78(99-82(87)69-65-61-57-53-49-45-41-36-32-28-24-20-16-12-8-4)73-93-80(85)67-63-59-55-51-47-43-39-34-30-26-22-18-14-10-6-2/h77-79,84H,5-76H2,1-4H3,(H,89,90)(H,91,92)/t77-,78+,79+/m0/s1. The van der Waals surface area contributed by atoms with Crippen LogP contribution in [0.4, 0.5) is 0 Å². The minimum Gasteiger partial charge on any atom is -0.462 e. The second-order valence-electron chi connectivity index (χ2n) is 29.9. The predicted molar refractivity (Wildman–Crippen MR) is 419 cm³/mol. The molecule has 606 valence electrons. The topological polar surface area (TPSA) is 237 Å². The molecule has 0 saturated carbocycles. The van der Waals surface area contributed by atoms with Crippen LogP contribution in [0, 0.1) is 0 Å². The van der Waals surface area contributed by atoms with Crippen LogP contribution in [0.2, 0.25) is 0 Å². The number of aliphatic hydroxyl groups excluding tert-OH is 1. The van der Waals surface area contributed by atoms with E-state index < -0.39 is 97.5 Å². The third-order valence-electron chi connectivity index (χ3n) is 19.6. The normalized spacial score (nSPS) is 13.8. The zero-order valence-electron chi connectivity index (χ0n) is 66.6. The average Bonchev–Trinajstić information content (AvgIpc) is 0.917. The summed E-state index contributed by atoms with van der Waals surface area (Å²) in [5, 5.41) is 10.7. The van der Waals surface area contributed by atoms with Crippen molar-refractivity contribution in [2.45, 2.75) is 470 Å². The van der Waals surface area contributed by atoms with Crippen LogP contribution in [0.5, 0.6) is 0 Å². The molecule has 0 aliphatic carbocycles. The third kappa shape index (κ3) is 76.3. The Morgan fingerprint density at radius 3 is 0.578 bits per heavy atom. The van der Waals surface area contributed by atoms with Gasteiger partial charge < -0.3 is 33.8 Å². The Labute approximate surface area is 626 Å². The number of rotatable bonds is 84. The van der Waals surface area contributed by atoms with Crippen LogP contribution >= 0.6 is 15.6 Å². The van der Waals surface area contributed by atoms with Crippen molar-refractivity contribution < 1.29 is 80.2 Å². The van der Waals surface area contributed by atoms with E-state index >= 15 is 0 Å². The molecule has 0 bridgehead atoms. The molecule has 17 nitrogen and oxygen atoms in total. The van der Waals surface area contributed by atoms with Gasteiger partial charge in [0.25, 0.3) is 0 Å². The lowest BCUT2D eigenvalue weighted by Crippen LogP contribution is -2.30. The van der Waals surface area contributed by atoms with Gasteiger partial charge in [-0.25, -0.2) is 9.13 Å². The molecular formula is C83H162O17P2. The summed E-state index contributed by atoms with van der Waals surface area (Å²) in [6, 6.07) is 0. The monoisotopic (exact) mass is 1490 g/mol. The Hall–Kier alpha value is -1.94. The Morgan fingerprint density at radius 1 is 0.235 bits per heavy atom. The number of unbranched alkanes of at least 4 members (excludes halogenated alkanes) is 58. The molecule has 3 N–H and O–H groups in total. The average molecular weight is 1490 g/mol. The number of phosphoric ester groups is 2. The van der Waals surface area contributed by atoms with Gasteiger partial charge >= 0.3 is 39.5 Å². The molecule has 0 heterocycles. The molecule has 0 fully saturated rings. The first kappa shape index (κ1) is 100. The maximum atomic E-state index is 13.1. The van der Waals surface area contributed by atoms with E-state index in [1.807, 2.05) is 0 Å². The van der Waals surface area contributed by atoms with Crippen molar-refractivity contribution >= 4 is 39.5 Å². The van der Waals surface area contributed by atoms with Gasteiger partial charge in [0.1, 0.15) is 19.3 Å². The molecule has 102 heavy (non-hydrogen) atoms. The van der Waals surface area contributed by atoms with Crippen molar-refractivity contribution in [3.63, 3.8) is 0 Å². The molecule has 0 saturated heterocycles. The van der Waals surface area contributed by atoms with Gasteiger partial charge in [0, 0.05) is 25.7 Å². The van der Waals surface area contributed by atoms with Gasteiger partial charge in [-0.2, -0.15) is 0 Å². The van der Waals surface area contributed by atoms with Gasteiger partial charge in [0.15, 0.2) is 12.2 Å². The van der Waals surface area contributed by atoms with Gasteiger partial charge in [0.05, 0.1) is 26.4 Å². The minimum atomic E-state index is -4.96. The van der Waals surface area contributed by atoms with Crippen LogP contribution in [-0.2, 0) is 65.4 Å². The van der Waals surface area contributed by atoms with E-state index in [9.17, 15) is 43.2 Å². The van der Waals surface area contributed by atoms with E-state index in [4.69, 9.17) is 37.0 Å². The molecule has 0 spiro atoms. The molecule has 19 heteroatoms. The molecule has 0 aromatic heterocycles. The van der Waals surface area contributed by atoms with Crippen molar-refractivity contribution in [3.05, 3.63) is 0 Å². The minimum absolute atomic E-state index is 0.109. The Bertz CT molecular complexity index is 1930. The number of hydrogen-bond donors (Lipinski definition) is 3. The molecule has 0 radical (unpaired) electrons. The largest absolute Gasteiger partial charge is 0.472 e. The van der Waals surface area contributed by atoms with Crippen molar-refractivity contribution in [2.75, 3.05) is 39.6 Å². The van der Waals surface area contributed by atoms with E-state index in [1.54, 1.807) is 0 Å². The molecule has 5 atom stereocenters. The Kier molecular flexibility index (Phi) is 75.8. The molecule has 0 aliphatic heterocycles. The molecular weight excluding hydrogens is 1330 g/mol. The van der Waals surface area contributed by atoms with Crippen LogP contribution in [0.3, 0.4) is 0 Å². The third-order valence-corrected chi connectivity index (χ3v) is 21.5. The highest BCUT2D eigenvalue weighted by molar-refractivity contribution is 7.47. The number of phosphoric acid groups is 2. The second kappa shape index (κ2) is 77.2. The van der Waals surface area contributed by atoms with Gasteiger partial charge in [0.2, 0.25) is 0 Å². The quantitative estimate of drug-likeness (QED) is 0.0222. The molecule has 0 aromatic carbocycles. The van der Waals surface area contributed by atoms with Crippen molar-refractivity contribution in [2.24, 2.45) is 0 Å². The smallest absolute Gasteiger partial charge is 0.462 e. The maximum Gasteiger partial charge on any atom is 0.472 e. The number of carbonyl (C=O) groups is 4. The number of aliphatic hydroxyl groups is 1. The number of carbonyl (C=O) groups excluding carboxylic acids is 4. The first-order chi connectivity index (χ1) is 49.7. The summed E-state index contributed by atoms with van der Waals surface area (Å²) in [5.41, 5.74) is 0. The van der Waals surface area contributed by atoms with Gasteiger partial charge in [-0.05, 0) is 25.7 Å². The lowest BCUT2D eigenvalue weighted by molar-refractivity contribution is -0.161. The van der Waals surface area contributed by atoms with Crippen LogP contribution in [-0.4, -0.2) is 96.7 Å². The highest BCUT2D eigenvalue weighted by Crippen LogP contribution is 2.45. The van der Waals surface area contributed by atoms with Crippen molar-refractivity contribution in [3.8, 4) is 0 Å². The lowest BCUT2D eigenvalue weighted by Gasteiger charge is -2.21. The van der Waals surface area contributed by atoms with E-state index in [1.165, 1.54) is 283 Å². The van der Waals surface area contributed by atoms with Crippen LogP contribution < -0.4 is 0 Å². The van der Waals surface area contributed by atoms with Crippen molar-refractivity contribution in [1.82, 2.24) is 0 Å². The fourth-order valence-corrected chi connectivity index (χ4v) is 14.6. The first-order valence-corrected chi connectivity index (χ1v) is 46.3. The van der Waals surface area contributed by atoms with Crippen LogP contribution in [0.25, 0.3) is 0 Å². The van der Waals surface area contributed by atoms with Gasteiger partial charge in [-0.15, -0.1) is 0 Å². The number of esters is 4. The fraction of sp³-hybridized carbons (Fsp3) is 0.952. The number of ether oxygens (including phenoxy) is 4. The van der Waals surface area contributed by atoms with Gasteiger partial charge in [-0.1, -0.05) is 400 Å². The second-order valence-corrected chi connectivity index (χ2v) is 32.8. The summed E-state index contributed by atoms with van der Waals surface area (Å²) in [4.78, 5) is 73.2. The van der Waals surface area contributed by atoms with Crippen molar-refractivity contribution in [1.29, 1.82) is 0 Å². The maximum absolute atomic E-state index is 13.1. The van der Waals surface area contributed by atoms with Crippen LogP contribution in [0.1, 0.15) is 451 Å². The van der Waals surface area contributed by atoms with E-state index in [2.05, 4.69) is 27.7 Å². The molecule has 0 aromatic rings. The highest BCUT2D eigenvalue weighted by atomic mass is 31.2. The highest BCUT2D eigenvalue weighted by Gasteiger charge is 2.30. The van der Waals surface area contributed by atoms with E-state index in [0.717, 1.165) is 89.9 Å². The van der Waals surface area contributed by atoms with E-state index in [-0.39, 0.29) is 25.7 Å². The fourth-order valence-electron chi connectivity index (χ4n) is 13.0. The summed E-state index contributed by atoms with van der Waals surface area (Å²) >= 11 is 0. The van der Waals surface area contributed by atoms with Crippen LogP contribution in [0.15, 0.2) is 0 Å². The first-order valence-electron chi connectivity index (χ1n) is 43.3. The predicted octanol–water partition coefficient (Wildman–Crippen LogP) is 25.4. The van der Waals surface area contributed by atoms with Gasteiger partial charge in [-0.3, -0.25) is 37.3 Å². The SMILES string of the molecule is CCCCCCCCCCCCCCCCCCCC(=O)O[C@H](COC(=O)CCCCCCCCCCCCCCCCC)COP(=O)(O)OC[C@@H](O)COP(=O)(O)OC[C@@H](COC(=O)CCCCCCCCCCCCCCCCC)OC(=O)CCCCCCCCCCCCCCCCC. The summed E-state index contributed by atoms with van der Waals surface area (Å²) in [6.07, 6.45) is 70.5. The zero-order chi connectivity index (χ0) is 74.6. The molecule has 0 rings (SSSR count).